The Hall–Kier alpha value is -0.820. The minimum Gasteiger partial charge on any atom is -0.363 e. The number of rotatable bonds is 2. The van der Waals surface area contributed by atoms with Crippen LogP contribution in [0.15, 0.2) is 29.8 Å². The molecule has 1 aliphatic rings. The molecule has 1 amide bonds. The number of carbonyl (C=O) groups excluding carboxylic acids is 1. The van der Waals surface area contributed by atoms with E-state index in [9.17, 15) is 4.79 Å². The first-order chi connectivity index (χ1) is 8.75. The second-order valence-corrected chi connectivity index (χ2v) is 7.23. The van der Waals surface area contributed by atoms with Crippen LogP contribution < -0.4 is 0 Å². The van der Waals surface area contributed by atoms with Crippen LogP contribution in [0.3, 0.4) is 0 Å². The van der Waals surface area contributed by atoms with Gasteiger partial charge in [-0.05, 0) is 53.6 Å². The van der Waals surface area contributed by atoms with Crippen molar-refractivity contribution in [3.63, 3.8) is 0 Å². The number of carbonyl (C=O) groups is 1. The largest absolute Gasteiger partial charge is 0.363 e. The fraction of sp³-hybridized carbons (Fsp3) is 0.308. The predicted molar refractivity (Wildman–Crippen MR) is 80.8 cm³/mol. The van der Waals surface area contributed by atoms with Crippen molar-refractivity contribution < 1.29 is 4.79 Å². The van der Waals surface area contributed by atoms with Crippen LogP contribution in [0.1, 0.15) is 34.9 Å². The molecule has 3 nitrogen and oxygen atoms in total. The van der Waals surface area contributed by atoms with Crippen molar-refractivity contribution in [2.75, 3.05) is 6.54 Å². The van der Waals surface area contributed by atoms with Crippen molar-refractivity contribution in [2.45, 2.75) is 18.9 Å². The lowest BCUT2D eigenvalue weighted by atomic mass is 10.1. The maximum absolute atomic E-state index is 12.5. The Labute approximate surface area is 123 Å². The second kappa shape index (κ2) is 5.05. The van der Waals surface area contributed by atoms with Gasteiger partial charge in [0.15, 0.2) is 0 Å². The van der Waals surface area contributed by atoms with E-state index >= 15 is 0 Å². The van der Waals surface area contributed by atoms with Gasteiger partial charge in [0, 0.05) is 23.8 Å². The second-order valence-electron chi connectivity index (χ2n) is 4.42. The summed E-state index contributed by atoms with van der Waals surface area (Å²) >= 11 is 3.88. The molecular formula is C13H13IN2OS. The van der Waals surface area contributed by atoms with Gasteiger partial charge in [0.1, 0.15) is 0 Å². The Balaban J connectivity index is 1.85. The minimum absolute atomic E-state index is 0.159. The SMILES string of the molecule is O=C(c1csc(I)c1)N1CCCC1c1ccc[nH]1. The van der Waals surface area contributed by atoms with Crippen molar-refractivity contribution in [3.8, 4) is 0 Å². The fourth-order valence-electron chi connectivity index (χ4n) is 2.47. The number of nitrogens with one attached hydrogen (secondary N) is 1. The van der Waals surface area contributed by atoms with E-state index in [1.165, 1.54) is 0 Å². The lowest BCUT2D eigenvalue weighted by Gasteiger charge is -2.23. The third-order valence-corrected chi connectivity index (χ3v) is 5.10. The molecule has 2 aromatic heterocycles. The normalized spacial score (nSPS) is 19.4. The van der Waals surface area contributed by atoms with Gasteiger partial charge in [-0.3, -0.25) is 4.79 Å². The van der Waals surface area contributed by atoms with E-state index in [0.717, 1.165) is 33.5 Å². The van der Waals surface area contributed by atoms with Gasteiger partial charge in [-0.1, -0.05) is 0 Å². The van der Waals surface area contributed by atoms with E-state index in [1.807, 2.05) is 28.6 Å². The summed E-state index contributed by atoms with van der Waals surface area (Å²) in [7, 11) is 0. The zero-order valence-electron chi connectivity index (χ0n) is 9.73. The van der Waals surface area contributed by atoms with Crippen LogP contribution in [0, 0.1) is 2.88 Å². The van der Waals surface area contributed by atoms with Crippen LogP contribution in [0.5, 0.6) is 0 Å². The standard InChI is InChI=1S/C13H13IN2OS/c14-12-7-9(8-18-12)13(17)16-6-2-4-11(16)10-3-1-5-15-10/h1,3,5,7-8,11,15H,2,4,6H2. The van der Waals surface area contributed by atoms with Crippen LogP contribution in [0.2, 0.25) is 0 Å². The Kier molecular flexibility index (Phi) is 3.43. The van der Waals surface area contributed by atoms with E-state index in [0.29, 0.717) is 0 Å². The summed E-state index contributed by atoms with van der Waals surface area (Å²) < 4.78 is 1.16. The number of H-pyrrole nitrogens is 1. The van der Waals surface area contributed by atoms with Crippen LogP contribution in [0.25, 0.3) is 0 Å². The first-order valence-corrected chi connectivity index (χ1v) is 7.90. The van der Waals surface area contributed by atoms with Gasteiger partial charge in [0.05, 0.1) is 14.5 Å². The van der Waals surface area contributed by atoms with Crippen LogP contribution in [-0.2, 0) is 0 Å². The Morgan fingerprint density at radius 2 is 2.44 bits per heavy atom. The average molecular weight is 372 g/mol. The zero-order chi connectivity index (χ0) is 12.5. The number of hydrogen-bond donors (Lipinski definition) is 1. The molecule has 0 saturated carbocycles. The number of aromatic nitrogens is 1. The van der Waals surface area contributed by atoms with Crippen LogP contribution in [-0.4, -0.2) is 22.3 Å². The fourth-order valence-corrected chi connectivity index (χ4v) is 3.79. The van der Waals surface area contributed by atoms with Crippen molar-refractivity contribution in [2.24, 2.45) is 0 Å². The van der Waals surface area contributed by atoms with Gasteiger partial charge in [0.2, 0.25) is 0 Å². The summed E-state index contributed by atoms with van der Waals surface area (Å²) in [6.07, 6.45) is 4.05. The highest BCUT2D eigenvalue weighted by molar-refractivity contribution is 14.1. The predicted octanol–water partition coefficient (Wildman–Crippen LogP) is 3.66. The Bertz CT molecular complexity index is 549. The smallest absolute Gasteiger partial charge is 0.255 e. The van der Waals surface area contributed by atoms with Crippen molar-refractivity contribution in [3.05, 3.63) is 43.9 Å². The van der Waals surface area contributed by atoms with E-state index < -0.39 is 0 Å². The summed E-state index contributed by atoms with van der Waals surface area (Å²) in [5.74, 6) is 0.159. The van der Waals surface area contributed by atoms with Gasteiger partial charge in [-0.15, -0.1) is 11.3 Å². The molecule has 0 radical (unpaired) electrons. The first kappa shape index (κ1) is 12.2. The summed E-state index contributed by atoms with van der Waals surface area (Å²) in [6, 6.07) is 6.24. The quantitative estimate of drug-likeness (QED) is 0.803. The van der Waals surface area contributed by atoms with Crippen LogP contribution >= 0.6 is 33.9 Å². The molecule has 18 heavy (non-hydrogen) atoms. The molecule has 1 N–H and O–H groups in total. The molecule has 3 heterocycles. The number of thiophene rings is 1. The maximum atomic E-state index is 12.5. The highest BCUT2D eigenvalue weighted by Gasteiger charge is 2.31. The maximum Gasteiger partial charge on any atom is 0.255 e. The van der Waals surface area contributed by atoms with Gasteiger partial charge in [-0.25, -0.2) is 0 Å². The number of amides is 1. The molecule has 1 unspecified atom stereocenters. The molecular weight excluding hydrogens is 359 g/mol. The van der Waals surface area contributed by atoms with Crippen LogP contribution in [0.4, 0.5) is 0 Å². The van der Waals surface area contributed by atoms with Gasteiger partial charge >= 0.3 is 0 Å². The lowest BCUT2D eigenvalue weighted by Crippen LogP contribution is -2.30. The van der Waals surface area contributed by atoms with Gasteiger partial charge in [-0.2, -0.15) is 0 Å². The number of aromatic amines is 1. The van der Waals surface area contributed by atoms with Gasteiger partial charge in [0.25, 0.3) is 5.91 Å². The molecule has 0 spiro atoms. The molecule has 2 aromatic rings. The lowest BCUT2D eigenvalue weighted by molar-refractivity contribution is 0.0734. The van der Waals surface area contributed by atoms with E-state index in [1.54, 1.807) is 11.3 Å². The molecule has 94 valence electrons. The minimum atomic E-state index is 0.159. The van der Waals surface area contributed by atoms with E-state index in [2.05, 4.69) is 33.6 Å². The average Bonchev–Trinajstić information content (AvgIpc) is 3.08. The molecule has 1 fully saturated rings. The monoisotopic (exact) mass is 372 g/mol. The summed E-state index contributed by atoms with van der Waals surface area (Å²) in [5, 5.41) is 1.95. The van der Waals surface area contributed by atoms with Crippen molar-refractivity contribution in [1.82, 2.24) is 9.88 Å². The number of halogens is 1. The molecule has 1 saturated heterocycles. The number of nitrogens with zero attached hydrogens (tertiary/aromatic N) is 1. The molecule has 0 aromatic carbocycles. The number of hydrogen-bond acceptors (Lipinski definition) is 2. The Morgan fingerprint density at radius 3 is 3.11 bits per heavy atom. The third kappa shape index (κ3) is 2.21. The highest BCUT2D eigenvalue weighted by Crippen LogP contribution is 2.32. The van der Waals surface area contributed by atoms with E-state index in [-0.39, 0.29) is 11.9 Å². The molecule has 3 rings (SSSR count). The number of likely N-dealkylation sites (tertiary alicyclic amines) is 1. The summed E-state index contributed by atoms with van der Waals surface area (Å²) in [6.45, 7) is 0.856. The topological polar surface area (TPSA) is 36.1 Å². The van der Waals surface area contributed by atoms with Gasteiger partial charge < -0.3 is 9.88 Å². The Morgan fingerprint density at radius 1 is 1.56 bits per heavy atom. The van der Waals surface area contributed by atoms with Crippen molar-refractivity contribution >= 4 is 39.8 Å². The summed E-state index contributed by atoms with van der Waals surface area (Å²) in [5.41, 5.74) is 1.97. The molecule has 0 bridgehead atoms. The molecule has 0 aliphatic carbocycles. The molecule has 1 aliphatic heterocycles. The van der Waals surface area contributed by atoms with Crippen molar-refractivity contribution in [1.29, 1.82) is 0 Å². The third-order valence-electron chi connectivity index (χ3n) is 3.31. The van der Waals surface area contributed by atoms with E-state index in [4.69, 9.17) is 0 Å². The molecule has 5 heteroatoms. The zero-order valence-corrected chi connectivity index (χ0v) is 12.7. The molecule has 1 atom stereocenters. The highest BCUT2D eigenvalue weighted by atomic mass is 127. The summed E-state index contributed by atoms with van der Waals surface area (Å²) in [4.78, 5) is 17.7. The first-order valence-electron chi connectivity index (χ1n) is 5.94.